The van der Waals surface area contributed by atoms with Crippen LogP contribution >= 0.6 is 0 Å². The van der Waals surface area contributed by atoms with Crippen LogP contribution in [0.25, 0.3) is 0 Å². The normalized spacial score (nSPS) is 26.4. The van der Waals surface area contributed by atoms with Crippen LogP contribution in [0.5, 0.6) is 0 Å². The van der Waals surface area contributed by atoms with Crippen molar-refractivity contribution < 1.29 is 13.2 Å². The largest absolute Gasteiger partial charge is 0.380 e. The monoisotopic (exact) mass is 338 g/mol. The van der Waals surface area contributed by atoms with Crippen LogP contribution in [0.4, 0.5) is 0 Å². The highest BCUT2D eigenvalue weighted by atomic mass is 32.2. The Morgan fingerprint density at radius 3 is 2.74 bits per heavy atom. The first kappa shape index (κ1) is 16.9. The van der Waals surface area contributed by atoms with Crippen molar-refractivity contribution in [3.63, 3.8) is 0 Å². The molecule has 2 fully saturated rings. The number of ether oxygens (including phenoxy) is 1. The van der Waals surface area contributed by atoms with E-state index in [1.807, 2.05) is 18.2 Å². The zero-order valence-corrected chi connectivity index (χ0v) is 14.3. The smallest absolute Gasteiger partial charge is 0.216 e. The maximum absolute atomic E-state index is 12.4. The van der Waals surface area contributed by atoms with E-state index in [2.05, 4.69) is 21.8 Å². The molecule has 1 aromatic rings. The molecule has 2 saturated heterocycles. The lowest BCUT2D eigenvalue weighted by atomic mass is 10.2. The second-order valence-corrected chi connectivity index (χ2v) is 8.53. The Morgan fingerprint density at radius 1 is 1.17 bits per heavy atom. The topological polar surface area (TPSA) is 58.6 Å². The van der Waals surface area contributed by atoms with Crippen LogP contribution in [0, 0.1) is 0 Å². The highest BCUT2D eigenvalue weighted by molar-refractivity contribution is 7.90. The average Bonchev–Trinajstić information content (AvgIpc) is 3.02. The second-order valence-electron chi connectivity index (χ2n) is 6.48. The minimum absolute atomic E-state index is 0.287. The Bertz CT molecular complexity index is 585. The van der Waals surface area contributed by atoms with Gasteiger partial charge in [-0.1, -0.05) is 30.3 Å². The van der Waals surface area contributed by atoms with Crippen molar-refractivity contribution in [3.05, 3.63) is 35.9 Å². The van der Waals surface area contributed by atoms with Crippen LogP contribution in [-0.4, -0.2) is 50.9 Å². The fraction of sp³-hybridized carbons (Fsp3) is 0.647. The molecule has 1 N–H and O–H groups in total. The van der Waals surface area contributed by atoms with E-state index in [-0.39, 0.29) is 11.3 Å². The van der Waals surface area contributed by atoms with Gasteiger partial charge in [0.05, 0.1) is 11.9 Å². The van der Waals surface area contributed by atoms with Crippen molar-refractivity contribution in [2.45, 2.75) is 43.5 Å². The van der Waals surface area contributed by atoms with Gasteiger partial charge in [-0.15, -0.1) is 0 Å². The molecule has 6 heteroatoms. The minimum Gasteiger partial charge on any atom is -0.380 e. The molecule has 2 aliphatic rings. The Morgan fingerprint density at radius 2 is 2.00 bits per heavy atom. The Labute approximate surface area is 139 Å². The van der Waals surface area contributed by atoms with Crippen molar-refractivity contribution in [2.24, 2.45) is 0 Å². The number of likely N-dealkylation sites (tertiary alicyclic amines) is 1. The Kier molecular flexibility index (Phi) is 5.69. The van der Waals surface area contributed by atoms with Gasteiger partial charge in [0.15, 0.2) is 0 Å². The summed E-state index contributed by atoms with van der Waals surface area (Å²) in [6.07, 6.45) is 3.71. The molecule has 1 aromatic carbocycles. The summed E-state index contributed by atoms with van der Waals surface area (Å²) in [5.74, 6) is 0. The SMILES string of the molecule is O=S(=O)(NC[C@@H]1CCCN1Cc1ccccc1)[C@H]1CCCOC1. The van der Waals surface area contributed by atoms with E-state index < -0.39 is 10.0 Å². The quantitative estimate of drug-likeness (QED) is 0.858. The van der Waals surface area contributed by atoms with Gasteiger partial charge in [0.2, 0.25) is 10.0 Å². The molecule has 0 spiro atoms. The summed E-state index contributed by atoms with van der Waals surface area (Å²) >= 11 is 0. The first-order chi connectivity index (χ1) is 11.1. The summed E-state index contributed by atoms with van der Waals surface area (Å²) in [5, 5.41) is -0.389. The molecule has 2 aliphatic heterocycles. The van der Waals surface area contributed by atoms with Crippen LogP contribution in [-0.2, 0) is 21.3 Å². The van der Waals surface area contributed by atoms with E-state index in [0.29, 0.717) is 26.2 Å². The van der Waals surface area contributed by atoms with Gasteiger partial charge in [-0.3, -0.25) is 4.90 Å². The van der Waals surface area contributed by atoms with Gasteiger partial charge in [-0.05, 0) is 37.8 Å². The number of sulfonamides is 1. The van der Waals surface area contributed by atoms with Crippen molar-refractivity contribution in [1.29, 1.82) is 0 Å². The summed E-state index contributed by atoms with van der Waals surface area (Å²) in [6, 6.07) is 10.6. The van der Waals surface area contributed by atoms with Crippen LogP contribution < -0.4 is 4.72 Å². The zero-order chi connectivity index (χ0) is 16.1. The second kappa shape index (κ2) is 7.75. The number of rotatable bonds is 6. The van der Waals surface area contributed by atoms with Gasteiger partial charge in [-0.2, -0.15) is 0 Å². The summed E-state index contributed by atoms with van der Waals surface area (Å²) in [5.41, 5.74) is 1.28. The first-order valence-corrected chi connectivity index (χ1v) is 10.0. The molecule has 2 atom stereocenters. The van der Waals surface area contributed by atoms with Gasteiger partial charge in [-0.25, -0.2) is 13.1 Å². The molecule has 0 amide bonds. The molecule has 2 heterocycles. The lowest BCUT2D eigenvalue weighted by Gasteiger charge is -2.27. The molecule has 0 aliphatic carbocycles. The molecule has 0 aromatic heterocycles. The third-order valence-corrected chi connectivity index (χ3v) is 6.62. The summed E-state index contributed by atoms with van der Waals surface area (Å²) in [6.45, 7) is 3.44. The fourth-order valence-electron chi connectivity index (χ4n) is 3.44. The predicted octanol–water partition coefficient (Wildman–Crippen LogP) is 1.75. The molecule has 0 unspecified atom stereocenters. The minimum atomic E-state index is -3.27. The van der Waals surface area contributed by atoms with Crippen LogP contribution in [0.15, 0.2) is 30.3 Å². The molecule has 128 valence electrons. The van der Waals surface area contributed by atoms with Crippen molar-refractivity contribution in [1.82, 2.24) is 9.62 Å². The molecule has 3 rings (SSSR count). The third kappa shape index (κ3) is 4.53. The molecule has 0 radical (unpaired) electrons. The molecule has 0 bridgehead atoms. The standard InChI is InChI=1S/C17H26N2O3S/c20-23(21,17-9-5-11-22-14-17)18-12-16-8-4-10-19(16)13-15-6-2-1-3-7-15/h1-3,6-7,16-18H,4-5,8-14H2/t16-,17-/m0/s1. The van der Waals surface area contributed by atoms with E-state index in [0.717, 1.165) is 32.4 Å². The van der Waals surface area contributed by atoms with E-state index >= 15 is 0 Å². The van der Waals surface area contributed by atoms with Crippen molar-refractivity contribution in [3.8, 4) is 0 Å². The van der Waals surface area contributed by atoms with E-state index in [1.54, 1.807) is 0 Å². The zero-order valence-electron chi connectivity index (χ0n) is 13.5. The van der Waals surface area contributed by atoms with Crippen LogP contribution in [0.1, 0.15) is 31.2 Å². The van der Waals surface area contributed by atoms with Crippen molar-refractivity contribution in [2.75, 3.05) is 26.3 Å². The number of nitrogens with one attached hydrogen (secondary N) is 1. The van der Waals surface area contributed by atoms with Gasteiger partial charge in [0, 0.05) is 25.7 Å². The van der Waals surface area contributed by atoms with Crippen LogP contribution in [0.3, 0.4) is 0 Å². The highest BCUT2D eigenvalue weighted by Gasteiger charge is 2.30. The number of hydrogen-bond acceptors (Lipinski definition) is 4. The van der Waals surface area contributed by atoms with E-state index in [4.69, 9.17) is 4.74 Å². The van der Waals surface area contributed by atoms with Gasteiger partial charge >= 0.3 is 0 Å². The lowest BCUT2D eigenvalue weighted by Crippen LogP contribution is -2.45. The number of hydrogen-bond donors (Lipinski definition) is 1. The summed E-state index contributed by atoms with van der Waals surface area (Å²) in [4.78, 5) is 2.38. The van der Waals surface area contributed by atoms with Crippen molar-refractivity contribution >= 4 is 10.0 Å². The maximum atomic E-state index is 12.4. The van der Waals surface area contributed by atoms with Gasteiger partial charge < -0.3 is 4.74 Å². The number of nitrogens with zero attached hydrogens (tertiary/aromatic N) is 1. The van der Waals surface area contributed by atoms with E-state index in [9.17, 15) is 8.42 Å². The fourth-order valence-corrected chi connectivity index (χ4v) is 4.85. The first-order valence-electron chi connectivity index (χ1n) is 8.49. The molecular formula is C17H26N2O3S. The highest BCUT2D eigenvalue weighted by Crippen LogP contribution is 2.20. The molecular weight excluding hydrogens is 312 g/mol. The lowest BCUT2D eigenvalue weighted by molar-refractivity contribution is 0.0987. The molecule has 0 saturated carbocycles. The van der Waals surface area contributed by atoms with Gasteiger partial charge in [0.1, 0.15) is 0 Å². The predicted molar refractivity (Wildman–Crippen MR) is 90.6 cm³/mol. The summed E-state index contributed by atoms with van der Waals surface area (Å²) < 4.78 is 32.9. The van der Waals surface area contributed by atoms with Gasteiger partial charge in [0.25, 0.3) is 0 Å². The Balaban J connectivity index is 1.54. The molecule has 5 nitrogen and oxygen atoms in total. The Hall–Kier alpha value is -0.950. The van der Waals surface area contributed by atoms with Crippen LogP contribution in [0.2, 0.25) is 0 Å². The average molecular weight is 338 g/mol. The maximum Gasteiger partial charge on any atom is 0.216 e. The number of benzene rings is 1. The molecule has 23 heavy (non-hydrogen) atoms. The summed E-state index contributed by atoms with van der Waals surface area (Å²) in [7, 11) is -3.27. The van der Waals surface area contributed by atoms with E-state index in [1.165, 1.54) is 5.56 Å². The third-order valence-electron chi connectivity index (χ3n) is 4.81.